The molecule has 1 fully saturated rings. The van der Waals surface area contributed by atoms with Crippen LogP contribution in [0.2, 0.25) is 0 Å². The van der Waals surface area contributed by atoms with Gasteiger partial charge in [-0.3, -0.25) is 4.79 Å². The maximum atomic E-state index is 11.1. The monoisotopic (exact) mass is 157 g/mol. The maximum Gasteiger partial charge on any atom is 0.309 e. The van der Waals surface area contributed by atoms with Crippen molar-refractivity contribution < 1.29 is 9.53 Å². The minimum atomic E-state index is -0.128. The molecule has 0 aromatic rings. The van der Waals surface area contributed by atoms with Crippen LogP contribution in [0.5, 0.6) is 0 Å². The lowest BCUT2D eigenvalue weighted by atomic mass is 9.59. The summed E-state index contributed by atoms with van der Waals surface area (Å²) in [6, 6.07) is 0.145. The van der Waals surface area contributed by atoms with Gasteiger partial charge in [0.05, 0.1) is 13.0 Å². The zero-order valence-electron chi connectivity index (χ0n) is 7.26. The number of carbonyl (C=O) groups excluding carboxylic acids is 1. The first kappa shape index (κ1) is 8.53. The molecule has 0 heterocycles. The van der Waals surface area contributed by atoms with E-state index < -0.39 is 0 Å². The van der Waals surface area contributed by atoms with Crippen molar-refractivity contribution in [3.05, 3.63) is 0 Å². The highest BCUT2D eigenvalue weighted by Crippen LogP contribution is 2.45. The third-order valence-corrected chi connectivity index (χ3v) is 2.83. The Morgan fingerprint density at radius 1 is 1.64 bits per heavy atom. The summed E-state index contributed by atoms with van der Waals surface area (Å²) in [5, 5.41) is 0. The molecule has 3 nitrogen and oxygen atoms in total. The molecule has 3 heteroatoms. The van der Waals surface area contributed by atoms with E-state index in [0.29, 0.717) is 0 Å². The second-order valence-corrected chi connectivity index (χ2v) is 3.74. The molecule has 0 radical (unpaired) electrons. The van der Waals surface area contributed by atoms with Crippen molar-refractivity contribution in [3.8, 4) is 0 Å². The van der Waals surface area contributed by atoms with Crippen molar-refractivity contribution in [2.45, 2.75) is 26.3 Å². The van der Waals surface area contributed by atoms with Crippen molar-refractivity contribution in [1.82, 2.24) is 0 Å². The van der Waals surface area contributed by atoms with Crippen molar-refractivity contribution in [1.29, 1.82) is 0 Å². The fraction of sp³-hybridized carbons (Fsp3) is 0.875. The topological polar surface area (TPSA) is 52.3 Å². The average Bonchev–Trinajstić information content (AvgIpc) is 1.98. The number of nitrogens with two attached hydrogens (primary N) is 1. The standard InChI is InChI=1S/C8H15NO2/c1-8(2)5(4-6(8)9)7(10)11-3/h5-6H,4,9H2,1-3H3/t5-,6-/m1/s1. The van der Waals surface area contributed by atoms with Crippen LogP contribution in [-0.4, -0.2) is 19.1 Å². The van der Waals surface area contributed by atoms with E-state index in [1.54, 1.807) is 0 Å². The Labute approximate surface area is 66.9 Å². The highest BCUT2D eigenvalue weighted by atomic mass is 16.5. The predicted octanol–water partition coefficient (Wildman–Crippen LogP) is 0.533. The van der Waals surface area contributed by atoms with E-state index >= 15 is 0 Å². The van der Waals surface area contributed by atoms with E-state index in [1.165, 1.54) is 7.11 Å². The third-order valence-electron chi connectivity index (χ3n) is 2.83. The van der Waals surface area contributed by atoms with Crippen LogP contribution in [0.3, 0.4) is 0 Å². The normalized spacial score (nSPS) is 34.2. The molecule has 1 aliphatic rings. The minimum Gasteiger partial charge on any atom is -0.469 e. The fourth-order valence-electron chi connectivity index (χ4n) is 1.50. The number of carbonyl (C=O) groups is 1. The molecule has 1 aliphatic carbocycles. The first-order chi connectivity index (χ1) is 5.00. The fourth-order valence-corrected chi connectivity index (χ4v) is 1.50. The molecule has 0 amide bonds. The number of hydrogen-bond acceptors (Lipinski definition) is 3. The Morgan fingerprint density at radius 3 is 2.45 bits per heavy atom. The van der Waals surface area contributed by atoms with E-state index in [4.69, 9.17) is 5.73 Å². The highest BCUT2D eigenvalue weighted by molar-refractivity contribution is 5.74. The van der Waals surface area contributed by atoms with Gasteiger partial charge in [0.1, 0.15) is 0 Å². The Hall–Kier alpha value is -0.570. The molecule has 0 aliphatic heterocycles. The summed E-state index contributed by atoms with van der Waals surface area (Å²) >= 11 is 0. The van der Waals surface area contributed by atoms with Crippen LogP contribution in [0, 0.1) is 11.3 Å². The lowest BCUT2D eigenvalue weighted by molar-refractivity contribution is -0.157. The molecule has 0 saturated heterocycles. The molecule has 11 heavy (non-hydrogen) atoms. The molecule has 0 aromatic carbocycles. The second kappa shape index (κ2) is 2.48. The van der Waals surface area contributed by atoms with Crippen LogP contribution in [-0.2, 0) is 9.53 Å². The molecule has 2 N–H and O–H groups in total. The zero-order chi connectivity index (χ0) is 8.65. The van der Waals surface area contributed by atoms with Crippen molar-refractivity contribution in [3.63, 3.8) is 0 Å². The van der Waals surface area contributed by atoms with Crippen LogP contribution in [0.4, 0.5) is 0 Å². The van der Waals surface area contributed by atoms with Crippen molar-refractivity contribution in [2.24, 2.45) is 17.1 Å². The Morgan fingerprint density at radius 2 is 2.18 bits per heavy atom. The van der Waals surface area contributed by atoms with Gasteiger partial charge in [-0.25, -0.2) is 0 Å². The molecule has 0 unspecified atom stereocenters. The maximum absolute atomic E-state index is 11.1. The number of rotatable bonds is 1. The Balaban J connectivity index is 2.59. The van der Waals surface area contributed by atoms with E-state index in [9.17, 15) is 4.79 Å². The molecule has 1 rings (SSSR count). The van der Waals surface area contributed by atoms with E-state index in [0.717, 1.165) is 6.42 Å². The van der Waals surface area contributed by atoms with Gasteiger partial charge in [0.2, 0.25) is 0 Å². The Kier molecular flexibility index (Phi) is 1.92. The minimum absolute atomic E-state index is 0.00231. The van der Waals surface area contributed by atoms with Crippen molar-refractivity contribution >= 4 is 5.97 Å². The van der Waals surface area contributed by atoms with Crippen LogP contribution < -0.4 is 5.73 Å². The molecular formula is C8H15NO2. The van der Waals surface area contributed by atoms with Crippen LogP contribution >= 0.6 is 0 Å². The van der Waals surface area contributed by atoms with Gasteiger partial charge in [-0.2, -0.15) is 0 Å². The molecule has 2 atom stereocenters. The first-order valence-corrected chi connectivity index (χ1v) is 3.83. The summed E-state index contributed by atoms with van der Waals surface area (Å²) < 4.78 is 4.64. The second-order valence-electron chi connectivity index (χ2n) is 3.74. The van der Waals surface area contributed by atoms with Gasteiger partial charge in [-0.05, 0) is 11.8 Å². The average molecular weight is 157 g/mol. The number of esters is 1. The van der Waals surface area contributed by atoms with Gasteiger partial charge in [-0.1, -0.05) is 13.8 Å². The van der Waals surface area contributed by atoms with Crippen LogP contribution in [0.1, 0.15) is 20.3 Å². The summed E-state index contributed by atoms with van der Waals surface area (Å²) in [7, 11) is 1.42. The summed E-state index contributed by atoms with van der Waals surface area (Å²) in [5.74, 6) is -0.126. The molecule has 0 bridgehead atoms. The lowest BCUT2D eigenvalue weighted by Gasteiger charge is -2.48. The summed E-state index contributed by atoms with van der Waals surface area (Å²) in [6.45, 7) is 4.01. The number of hydrogen-bond donors (Lipinski definition) is 1. The van der Waals surface area contributed by atoms with E-state index in [-0.39, 0.29) is 23.3 Å². The van der Waals surface area contributed by atoms with Crippen LogP contribution in [0.25, 0.3) is 0 Å². The zero-order valence-corrected chi connectivity index (χ0v) is 7.26. The van der Waals surface area contributed by atoms with E-state index in [1.807, 2.05) is 13.8 Å². The summed E-state index contributed by atoms with van der Waals surface area (Å²) in [5.41, 5.74) is 5.66. The molecule has 0 aromatic heterocycles. The smallest absolute Gasteiger partial charge is 0.309 e. The Bertz CT molecular complexity index is 177. The predicted molar refractivity (Wildman–Crippen MR) is 41.9 cm³/mol. The van der Waals surface area contributed by atoms with Gasteiger partial charge in [0.25, 0.3) is 0 Å². The molecule has 1 saturated carbocycles. The van der Waals surface area contributed by atoms with E-state index in [2.05, 4.69) is 4.74 Å². The molecular weight excluding hydrogens is 142 g/mol. The lowest BCUT2D eigenvalue weighted by Crippen LogP contribution is -2.57. The van der Waals surface area contributed by atoms with Gasteiger partial charge in [0, 0.05) is 6.04 Å². The number of methoxy groups -OCH3 is 1. The number of ether oxygens (including phenoxy) is 1. The summed E-state index contributed by atoms with van der Waals surface area (Å²) in [6.07, 6.45) is 0.764. The van der Waals surface area contributed by atoms with Crippen LogP contribution in [0.15, 0.2) is 0 Å². The quantitative estimate of drug-likeness (QED) is 0.565. The van der Waals surface area contributed by atoms with Crippen molar-refractivity contribution in [2.75, 3.05) is 7.11 Å². The van der Waals surface area contributed by atoms with Gasteiger partial charge < -0.3 is 10.5 Å². The molecule has 64 valence electrons. The molecule has 0 spiro atoms. The SMILES string of the molecule is COC(=O)[C@H]1C[C@@H](N)C1(C)C. The first-order valence-electron chi connectivity index (χ1n) is 3.83. The third kappa shape index (κ3) is 1.13. The summed E-state index contributed by atoms with van der Waals surface area (Å²) in [4.78, 5) is 11.1. The van der Waals surface area contributed by atoms with Gasteiger partial charge in [-0.15, -0.1) is 0 Å². The highest BCUT2D eigenvalue weighted by Gasteiger charge is 2.50. The van der Waals surface area contributed by atoms with Gasteiger partial charge in [0.15, 0.2) is 0 Å². The van der Waals surface area contributed by atoms with Gasteiger partial charge >= 0.3 is 5.97 Å². The largest absolute Gasteiger partial charge is 0.469 e.